The molecule has 3 aliphatic heterocycles. The van der Waals surface area contributed by atoms with Crippen LogP contribution in [0.4, 0.5) is 0 Å². The van der Waals surface area contributed by atoms with Gasteiger partial charge in [0.2, 0.25) is 6.79 Å². The first-order valence-corrected chi connectivity index (χ1v) is 14.7. The minimum atomic E-state index is -0.419. The fraction of sp³-hybridized carbons (Fsp3) is 0.467. The zero-order valence-corrected chi connectivity index (χ0v) is 23.7. The zero-order valence-electron chi connectivity index (χ0n) is 23.7. The molecule has 12 nitrogen and oxygen atoms in total. The van der Waals surface area contributed by atoms with Gasteiger partial charge in [0.25, 0.3) is 5.56 Å². The molecule has 3 aliphatic rings. The molecule has 220 valence electrons. The average Bonchev–Trinajstić information content (AvgIpc) is 3.78. The molecular weight excluding hydrogens is 538 g/mol. The Morgan fingerprint density at radius 1 is 1.07 bits per heavy atom. The SMILES string of the molecule is CCOc1ccc2[nH]c(=O)c(C(c3nnnn3CC3CCCO3)N3CCN(Cc4ccc5c(c4)OCO5)CC3)cc2c1. The molecule has 0 bridgehead atoms. The third kappa shape index (κ3) is 5.44. The Labute approximate surface area is 243 Å². The van der Waals surface area contributed by atoms with Crippen LogP contribution in [0.5, 0.6) is 17.2 Å². The van der Waals surface area contributed by atoms with E-state index in [1.807, 2.05) is 41.9 Å². The second-order valence-electron chi connectivity index (χ2n) is 11.0. The average molecular weight is 574 g/mol. The third-order valence-corrected chi connectivity index (χ3v) is 8.27. The summed E-state index contributed by atoms with van der Waals surface area (Å²) in [7, 11) is 0. The first-order chi connectivity index (χ1) is 20.6. The van der Waals surface area contributed by atoms with Gasteiger partial charge in [0.1, 0.15) is 11.8 Å². The molecule has 1 N–H and O–H groups in total. The molecular formula is C30H35N7O5. The quantitative estimate of drug-likeness (QED) is 0.320. The number of ether oxygens (including phenoxy) is 4. The number of benzene rings is 2. The number of H-pyrrole nitrogens is 1. The molecule has 4 aromatic rings. The van der Waals surface area contributed by atoms with E-state index in [1.165, 1.54) is 5.56 Å². The highest BCUT2D eigenvalue weighted by atomic mass is 16.7. The maximum Gasteiger partial charge on any atom is 0.253 e. The van der Waals surface area contributed by atoms with Crippen molar-refractivity contribution in [2.75, 3.05) is 46.2 Å². The van der Waals surface area contributed by atoms with Gasteiger partial charge in [0, 0.05) is 55.8 Å². The topological polar surface area (TPSA) is 120 Å². The van der Waals surface area contributed by atoms with Crippen molar-refractivity contribution in [1.82, 2.24) is 35.0 Å². The molecule has 0 radical (unpaired) electrons. The molecule has 0 spiro atoms. The molecule has 5 heterocycles. The molecule has 0 saturated carbocycles. The van der Waals surface area contributed by atoms with Gasteiger partial charge in [-0.3, -0.25) is 14.6 Å². The van der Waals surface area contributed by atoms with E-state index in [0.29, 0.717) is 24.5 Å². The number of aromatic nitrogens is 5. The number of hydrogen-bond donors (Lipinski definition) is 1. The maximum absolute atomic E-state index is 13.6. The highest BCUT2D eigenvalue weighted by Gasteiger charge is 2.33. The standard InChI is InChI=1S/C30H35N7O5/c1-2-39-22-6-7-25-21(15-22)16-24(30(38)31-25)28(29-32-33-34-37(29)18-23-4-3-13-40-23)36-11-9-35(10-12-36)17-20-5-8-26-27(14-20)42-19-41-26/h5-8,14-16,23,28H,2-4,9-13,17-19H2,1H3,(H,31,38). The van der Waals surface area contributed by atoms with Crippen LogP contribution < -0.4 is 19.8 Å². The van der Waals surface area contributed by atoms with E-state index < -0.39 is 6.04 Å². The van der Waals surface area contributed by atoms with Gasteiger partial charge in [-0.15, -0.1) is 5.10 Å². The third-order valence-electron chi connectivity index (χ3n) is 8.27. The number of piperazine rings is 1. The normalized spacial score (nSPS) is 19.9. The second-order valence-corrected chi connectivity index (χ2v) is 11.0. The molecule has 7 rings (SSSR count). The van der Waals surface area contributed by atoms with Crippen LogP contribution in [0, 0.1) is 0 Å². The van der Waals surface area contributed by atoms with Crippen molar-refractivity contribution < 1.29 is 18.9 Å². The predicted octanol–water partition coefficient (Wildman–Crippen LogP) is 2.73. The predicted molar refractivity (Wildman–Crippen MR) is 154 cm³/mol. The van der Waals surface area contributed by atoms with Crippen LogP contribution in [0.3, 0.4) is 0 Å². The Balaban J connectivity index is 1.18. The van der Waals surface area contributed by atoms with Gasteiger partial charge >= 0.3 is 0 Å². The first kappa shape index (κ1) is 26.9. The number of fused-ring (bicyclic) bond motifs is 2. The summed E-state index contributed by atoms with van der Waals surface area (Å²) in [6.07, 6.45) is 2.07. The molecule has 2 aromatic carbocycles. The Bertz CT molecular complexity index is 1610. The summed E-state index contributed by atoms with van der Waals surface area (Å²) in [6.45, 7) is 8.08. The van der Waals surface area contributed by atoms with Crippen molar-refractivity contribution >= 4 is 10.9 Å². The number of nitrogens with zero attached hydrogens (tertiary/aromatic N) is 6. The van der Waals surface area contributed by atoms with E-state index in [2.05, 4.69) is 42.4 Å². The van der Waals surface area contributed by atoms with Crippen molar-refractivity contribution in [1.29, 1.82) is 0 Å². The largest absolute Gasteiger partial charge is 0.494 e. The highest BCUT2D eigenvalue weighted by Crippen LogP contribution is 2.33. The van der Waals surface area contributed by atoms with Crippen LogP contribution in [0.2, 0.25) is 0 Å². The van der Waals surface area contributed by atoms with E-state index in [-0.39, 0.29) is 18.5 Å². The first-order valence-electron chi connectivity index (χ1n) is 14.7. The Morgan fingerprint density at radius 2 is 1.95 bits per heavy atom. The van der Waals surface area contributed by atoms with Crippen LogP contribution >= 0.6 is 0 Å². The van der Waals surface area contributed by atoms with Crippen LogP contribution in [0.15, 0.2) is 47.3 Å². The van der Waals surface area contributed by atoms with E-state index in [4.69, 9.17) is 18.9 Å². The molecule has 2 fully saturated rings. The smallest absolute Gasteiger partial charge is 0.253 e. The van der Waals surface area contributed by atoms with Gasteiger partial charge < -0.3 is 23.9 Å². The Hall–Kier alpha value is -4.00. The minimum absolute atomic E-state index is 0.0649. The minimum Gasteiger partial charge on any atom is -0.494 e. The van der Waals surface area contributed by atoms with Gasteiger partial charge in [-0.2, -0.15) is 0 Å². The van der Waals surface area contributed by atoms with Gasteiger partial charge in [0.15, 0.2) is 17.3 Å². The van der Waals surface area contributed by atoms with Crippen molar-refractivity contribution in [3.63, 3.8) is 0 Å². The number of rotatable bonds is 9. The van der Waals surface area contributed by atoms with Crippen molar-refractivity contribution in [3.8, 4) is 17.2 Å². The lowest BCUT2D eigenvalue weighted by molar-refractivity contribution is 0.0840. The van der Waals surface area contributed by atoms with Crippen molar-refractivity contribution in [2.45, 2.75) is 45.0 Å². The van der Waals surface area contributed by atoms with Crippen molar-refractivity contribution in [2.24, 2.45) is 0 Å². The van der Waals surface area contributed by atoms with E-state index in [1.54, 1.807) is 0 Å². The Morgan fingerprint density at radius 3 is 2.79 bits per heavy atom. The molecule has 2 atom stereocenters. The monoisotopic (exact) mass is 573 g/mol. The summed E-state index contributed by atoms with van der Waals surface area (Å²) < 4.78 is 24.5. The van der Waals surface area contributed by atoms with Crippen LogP contribution in [0.25, 0.3) is 10.9 Å². The van der Waals surface area contributed by atoms with E-state index in [0.717, 1.165) is 80.3 Å². The fourth-order valence-electron chi connectivity index (χ4n) is 6.16. The molecule has 42 heavy (non-hydrogen) atoms. The van der Waals surface area contributed by atoms with Crippen LogP contribution in [-0.2, 0) is 17.8 Å². The lowest BCUT2D eigenvalue weighted by Crippen LogP contribution is -2.48. The molecule has 2 saturated heterocycles. The molecule has 2 unspecified atom stereocenters. The second kappa shape index (κ2) is 11.7. The molecule has 0 amide bonds. The fourth-order valence-corrected chi connectivity index (χ4v) is 6.16. The summed E-state index contributed by atoms with van der Waals surface area (Å²) >= 11 is 0. The van der Waals surface area contributed by atoms with Gasteiger partial charge in [0.05, 0.1) is 19.3 Å². The summed E-state index contributed by atoms with van der Waals surface area (Å²) in [5, 5.41) is 13.8. The number of hydrogen-bond acceptors (Lipinski definition) is 10. The summed E-state index contributed by atoms with van der Waals surface area (Å²) in [5.41, 5.74) is 2.41. The van der Waals surface area contributed by atoms with E-state index >= 15 is 0 Å². The number of tetrazole rings is 1. The highest BCUT2D eigenvalue weighted by molar-refractivity contribution is 5.80. The van der Waals surface area contributed by atoms with Gasteiger partial charge in [-0.25, -0.2) is 4.68 Å². The number of nitrogens with one attached hydrogen (secondary N) is 1. The number of pyridine rings is 1. The van der Waals surface area contributed by atoms with Crippen LogP contribution in [0.1, 0.15) is 42.8 Å². The lowest BCUT2D eigenvalue weighted by atomic mass is 10.0. The Kier molecular flexibility index (Phi) is 7.49. The van der Waals surface area contributed by atoms with Gasteiger partial charge in [-0.1, -0.05) is 6.07 Å². The molecule has 2 aromatic heterocycles. The number of aromatic amines is 1. The summed E-state index contributed by atoms with van der Waals surface area (Å²) in [5.74, 6) is 3.01. The molecule has 0 aliphatic carbocycles. The van der Waals surface area contributed by atoms with Gasteiger partial charge in [-0.05, 0) is 72.2 Å². The lowest BCUT2D eigenvalue weighted by Gasteiger charge is -2.38. The summed E-state index contributed by atoms with van der Waals surface area (Å²) in [4.78, 5) is 21.5. The summed E-state index contributed by atoms with van der Waals surface area (Å²) in [6, 6.07) is 13.4. The van der Waals surface area contributed by atoms with Crippen LogP contribution in [-0.4, -0.2) is 87.3 Å². The zero-order chi connectivity index (χ0) is 28.5. The maximum atomic E-state index is 13.6. The molecule has 12 heteroatoms. The van der Waals surface area contributed by atoms with Crippen molar-refractivity contribution in [3.05, 3.63) is 69.8 Å². The van der Waals surface area contributed by atoms with E-state index in [9.17, 15) is 4.79 Å².